The quantitative estimate of drug-likeness (QED) is 0.0896. The third kappa shape index (κ3) is 15.4. The number of hydrogen-bond acceptors (Lipinski definition) is 15. The molecule has 0 amide bonds. The first-order chi connectivity index (χ1) is 74.4. The van der Waals surface area contributed by atoms with Crippen LogP contribution in [0.15, 0.2) is 532 Å². The van der Waals surface area contributed by atoms with Gasteiger partial charge in [0.1, 0.15) is 55.9 Å². The normalized spacial score (nSPS) is 11.6. The predicted octanol–water partition coefficient (Wildman–Crippen LogP) is 37.0. The molecule has 22 aromatic carbocycles. The van der Waals surface area contributed by atoms with Gasteiger partial charge in [-0.15, -0.1) is 0 Å². The summed E-state index contributed by atoms with van der Waals surface area (Å²) in [4.78, 5) is 43.0. The fourth-order valence-corrected chi connectivity index (χ4v) is 21.3. The first kappa shape index (κ1) is 87.3. The van der Waals surface area contributed by atoms with E-state index in [2.05, 4.69) is 367 Å². The van der Waals surface area contributed by atoms with Gasteiger partial charge in [0, 0.05) is 144 Å². The monoisotopic (exact) mass is 1920 g/mol. The van der Waals surface area contributed by atoms with E-state index in [1.807, 2.05) is 158 Å². The highest BCUT2D eigenvalue weighted by molar-refractivity contribution is 6.26. The third-order valence-corrected chi connectivity index (χ3v) is 28.2. The summed E-state index contributed by atoms with van der Waals surface area (Å²) in [6.07, 6.45) is 0. The molecule has 30 rings (SSSR count). The third-order valence-electron chi connectivity index (χ3n) is 28.2. The molecule has 15 nitrogen and oxygen atoms in total. The van der Waals surface area contributed by atoms with E-state index in [0.29, 0.717) is 40.3 Å². The number of nitrogens with zero attached hydrogens (tertiary/aromatic N) is 10. The molecule has 0 saturated heterocycles. The number of aromatic nitrogens is 7. The zero-order chi connectivity index (χ0) is 99.1. The van der Waals surface area contributed by atoms with E-state index in [-0.39, 0.29) is 0 Å². The van der Waals surface area contributed by atoms with Gasteiger partial charge in [-0.2, -0.15) is 0 Å². The van der Waals surface area contributed by atoms with Crippen molar-refractivity contribution >= 4 is 204 Å². The zero-order valence-electron chi connectivity index (χ0n) is 80.5. The van der Waals surface area contributed by atoms with Crippen molar-refractivity contribution in [2.24, 2.45) is 0 Å². The van der Waals surface area contributed by atoms with Crippen LogP contribution in [0, 0.1) is 0 Å². The molecule has 150 heavy (non-hydrogen) atoms. The number of para-hydroxylation sites is 10. The van der Waals surface area contributed by atoms with Gasteiger partial charge in [-0.1, -0.05) is 358 Å². The van der Waals surface area contributed by atoms with Gasteiger partial charge in [-0.25, -0.2) is 34.9 Å². The van der Waals surface area contributed by atoms with E-state index in [4.69, 9.17) is 57.0 Å². The van der Waals surface area contributed by atoms with Gasteiger partial charge in [0.2, 0.25) is 0 Å². The minimum Gasteiger partial charge on any atom is -0.455 e. The Balaban J connectivity index is 0.000000108. The minimum atomic E-state index is 0.610. The van der Waals surface area contributed by atoms with Crippen molar-refractivity contribution in [1.82, 2.24) is 34.9 Å². The molecule has 0 aliphatic heterocycles. The summed E-state index contributed by atoms with van der Waals surface area (Å²) in [5.74, 6) is 3.11. The van der Waals surface area contributed by atoms with Gasteiger partial charge >= 0.3 is 0 Å². The van der Waals surface area contributed by atoms with Gasteiger partial charge in [0.15, 0.2) is 51.5 Å². The lowest BCUT2D eigenvalue weighted by Crippen LogP contribution is -2.09. The Hall–Kier alpha value is -20.6. The van der Waals surface area contributed by atoms with Gasteiger partial charge in [0.05, 0.1) is 11.4 Å². The topological polar surface area (TPSA) is 166 Å². The summed E-state index contributed by atoms with van der Waals surface area (Å²) >= 11 is 0. The summed E-state index contributed by atoms with van der Waals surface area (Å²) in [6.45, 7) is 0. The average Bonchev–Trinajstić information content (AvgIpc) is 1.56. The highest BCUT2D eigenvalue weighted by Gasteiger charge is 2.31. The predicted molar refractivity (Wildman–Crippen MR) is 612 cm³/mol. The van der Waals surface area contributed by atoms with Crippen molar-refractivity contribution in [3.8, 4) is 79.5 Å². The summed E-state index contributed by atoms with van der Waals surface area (Å²) in [7, 11) is 0. The van der Waals surface area contributed by atoms with Crippen molar-refractivity contribution in [2.45, 2.75) is 0 Å². The molecule has 704 valence electrons. The van der Waals surface area contributed by atoms with E-state index in [9.17, 15) is 0 Å². The fraction of sp³-hybridized carbons (Fsp3) is 0. The zero-order valence-corrected chi connectivity index (χ0v) is 80.5. The van der Waals surface area contributed by atoms with Crippen LogP contribution in [0.1, 0.15) is 0 Å². The Morgan fingerprint density at radius 3 is 0.967 bits per heavy atom. The number of benzene rings is 22. The number of rotatable bonds is 16. The van der Waals surface area contributed by atoms with Gasteiger partial charge < -0.3 is 36.8 Å². The van der Waals surface area contributed by atoms with Crippen LogP contribution in [-0.4, -0.2) is 34.9 Å². The molecular weight excluding hydrogens is 1840 g/mol. The molecule has 0 saturated carbocycles. The summed E-state index contributed by atoms with van der Waals surface area (Å²) in [6, 6.07) is 175. The Bertz CT molecular complexity index is 10300. The van der Waals surface area contributed by atoms with E-state index >= 15 is 0 Å². The van der Waals surface area contributed by atoms with E-state index in [0.717, 1.165) is 238 Å². The number of hydrogen-bond donors (Lipinski definition) is 0. The van der Waals surface area contributed by atoms with Crippen molar-refractivity contribution in [3.05, 3.63) is 510 Å². The molecule has 0 bridgehead atoms. The molecule has 0 fully saturated rings. The standard InChI is InChI=1S/C48H29N3O2.C44H27N3O2.C43H28N4O/c1-3-17-34(18-4-1)51(35-19-5-2-6-20-35)40-24-13-23-38-42-39(29-32-16-9-10-21-36(32)46(42)53-45(38)40)48-49-43(33-27-26-30-14-7-8-15-31(30)28-33)47-44(50-48)37-22-11-12-25-41(37)52-47;1-4-15-28(16-5-1)39-43-40(33-23-12-13-26-37(33)48-43)46-44(45-39)35-27-29-17-10-11-22-32(29)42-38(35)34-24-14-25-36(41(34)49-42)47(30-18-6-2-7-19-30)31-20-8-3-9-21-31;1-5-15-29(16-6-1)41-44-42(30-17-7-2-8-18-30)46-43(45-41)38-28-37-35-26-25-33(27-39(35)48-40(37)36-24-14-13-23-34(36)38)47(31-19-9-3-10-20-31)32-21-11-4-12-22-32/h1-29H;1-27H;1-28H. The van der Waals surface area contributed by atoms with E-state index in [1.165, 1.54) is 5.39 Å². The van der Waals surface area contributed by atoms with Gasteiger partial charge in [-0.3, -0.25) is 0 Å². The maximum atomic E-state index is 7.07. The molecule has 0 unspecified atom stereocenters. The molecule has 0 N–H and O–H groups in total. The van der Waals surface area contributed by atoms with E-state index in [1.54, 1.807) is 0 Å². The maximum Gasteiger partial charge on any atom is 0.180 e. The highest BCUT2D eigenvalue weighted by atomic mass is 16.3. The van der Waals surface area contributed by atoms with Crippen LogP contribution in [0.25, 0.3) is 232 Å². The SMILES string of the molecule is c1ccc(-c2nc(-c3cc4ccccc4c4oc5c(N(c6ccccc6)c6ccccc6)cccc5c34)nc3c2oc2ccccc23)cc1.c1ccc(-c2nc(-c3ccccc3)nc(-c3cc4c5ccc(N(c6ccccc6)c6ccccc6)cc5oc4c4ccccc34)n2)cc1.c1ccc(N(c2ccccc2)c2cccc3c2oc2c4ccccc4cc(-c4nc(-c5ccc6ccccc6c5)c5oc6ccccc6c5n4)c32)cc1. The van der Waals surface area contributed by atoms with Crippen LogP contribution in [0.4, 0.5) is 51.2 Å². The molecule has 30 aromatic rings. The Morgan fingerprint density at radius 2 is 0.507 bits per heavy atom. The second kappa shape index (κ2) is 37.0. The Kier molecular flexibility index (Phi) is 21.5. The van der Waals surface area contributed by atoms with Crippen LogP contribution in [0.3, 0.4) is 0 Å². The molecule has 0 spiro atoms. The van der Waals surface area contributed by atoms with Crippen molar-refractivity contribution in [2.75, 3.05) is 14.7 Å². The van der Waals surface area contributed by atoms with Crippen molar-refractivity contribution < 1.29 is 22.1 Å². The summed E-state index contributed by atoms with van der Waals surface area (Å²) in [5.41, 5.74) is 26.6. The smallest absolute Gasteiger partial charge is 0.180 e. The van der Waals surface area contributed by atoms with Gasteiger partial charge in [0.25, 0.3) is 0 Å². The average molecular weight is 1930 g/mol. The van der Waals surface area contributed by atoms with E-state index < -0.39 is 0 Å². The molecular formula is C135H84N10O5. The molecule has 0 radical (unpaired) electrons. The first-order valence-electron chi connectivity index (χ1n) is 50.0. The molecule has 0 aliphatic rings. The molecule has 15 heteroatoms. The molecule has 0 atom stereocenters. The van der Waals surface area contributed by atoms with Crippen LogP contribution in [0.5, 0.6) is 0 Å². The number of fused-ring (bicyclic) bond motifs is 22. The second-order valence-corrected chi connectivity index (χ2v) is 37.2. The largest absolute Gasteiger partial charge is 0.455 e. The van der Waals surface area contributed by atoms with Crippen LogP contribution in [-0.2, 0) is 0 Å². The van der Waals surface area contributed by atoms with Crippen LogP contribution in [0.2, 0.25) is 0 Å². The summed E-state index contributed by atoms with van der Waals surface area (Å²) in [5, 5.41) is 16.4. The maximum absolute atomic E-state index is 7.07. The first-order valence-corrected chi connectivity index (χ1v) is 50.0. The second-order valence-electron chi connectivity index (χ2n) is 37.2. The van der Waals surface area contributed by atoms with Crippen molar-refractivity contribution in [1.29, 1.82) is 0 Å². The fourth-order valence-electron chi connectivity index (χ4n) is 21.3. The lowest BCUT2D eigenvalue weighted by molar-refractivity contribution is 0.667. The number of anilines is 9. The molecule has 8 aromatic heterocycles. The van der Waals surface area contributed by atoms with Gasteiger partial charge in [-0.05, 0) is 173 Å². The van der Waals surface area contributed by atoms with Crippen LogP contribution >= 0.6 is 0 Å². The highest BCUT2D eigenvalue weighted by Crippen LogP contribution is 2.52. The number of furan rings is 5. The minimum absolute atomic E-state index is 0.610. The molecule has 0 aliphatic carbocycles. The summed E-state index contributed by atoms with van der Waals surface area (Å²) < 4.78 is 33.8. The molecule has 8 heterocycles. The van der Waals surface area contributed by atoms with Crippen molar-refractivity contribution in [3.63, 3.8) is 0 Å². The lowest BCUT2D eigenvalue weighted by atomic mass is 9.98. The Labute approximate surface area is 859 Å². The Morgan fingerprint density at radius 1 is 0.153 bits per heavy atom. The lowest BCUT2D eigenvalue weighted by Gasteiger charge is -2.25. The van der Waals surface area contributed by atoms with Crippen LogP contribution < -0.4 is 14.7 Å².